The second-order valence-electron chi connectivity index (χ2n) is 6.77. The molecule has 23 heavy (non-hydrogen) atoms. The number of para-hydroxylation sites is 1. The van der Waals surface area contributed by atoms with Gasteiger partial charge in [-0.05, 0) is 49.4 Å². The van der Waals surface area contributed by atoms with Crippen molar-refractivity contribution in [1.29, 1.82) is 0 Å². The Morgan fingerprint density at radius 2 is 2.17 bits per heavy atom. The number of hydrogen-bond donors (Lipinski definition) is 0. The van der Waals surface area contributed by atoms with E-state index in [1.807, 2.05) is 32.4 Å². The lowest BCUT2D eigenvalue weighted by Crippen LogP contribution is -2.42. The van der Waals surface area contributed by atoms with Gasteiger partial charge in [0.05, 0.1) is 12.1 Å². The number of benzene rings is 1. The van der Waals surface area contributed by atoms with Crippen molar-refractivity contribution in [2.45, 2.75) is 19.3 Å². The topological polar surface area (TPSA) is 36.4 Å². The molecule has 1 atom stereocenters. The van der Waals surface area contributed by atoms with E-state index in [2.05, 4.69) is 28.1 Å². The van der Waals surface area contributed by atoms with Crippen LogP contribution in [0.5, 0.6) is 0 Å². The summed E-state index contributed by atoms with van der Waals surface area (Å²) in [6.45, 7) is 2.58. The summed E-state index contributed by atoms with van der Waals surface area (Å²) in [5, 5.41) is 1.21. The van der Waals surface area contributed by atoms with Gasteiger partial charge < -0.3 is 4.90 Å². The maximum atomic E-state index is 11.9. The number of aromatic nitrogens is 1. The number of fused-ring (bicyclic) bond motifs is 1. The van der Waals surface area contributed by atoms with Gasteiger partial charge in [0.15, 0.2) is 0 Å². The molecule has 1 saturated heterocycles. The molecule has 1 aliphatic rings. The molecule has 4 heteroatoms. The van der Waals surface area contributed by atoms with Crippen molar-refractivity contribution < 1.29 is 4.79 Å². The molecular weight excluding hydrogens is 286 g/mol. The number of likely N-dealkylation sites (N-methyl/N-ethyl adjacent to an activating group) is 1. The van der Waals surface area contributed by atoms with Gasteiger partial charge in [-0.1, -0.05) is 18.2 Å². The molecule has 0 aliphatic carbocycles. The van der Waals surface area contributed by atoms with E-state index < -0.39 is 0 Å². The predicted octanol–water partition coefficient (Wildman–Crippen LogP) is 2.58. The number of likely N-dealkylation sites (tertiary alicyclic amines) is 1. The van der Waals surface area contributed by atoms with Crippen molar-refractivity contribution in [1.82, 2.24) is 14.8 Å². The highest BCUT2D eigenvalue weighted by atomic mass is 16.2. The average Bonchev–Trinajstić information content (AvgIpc) is 2.55. The van der Waals surface area contributed by atoms with Crippen molar-refractivity contribution in [3.05, 3.63) is 42.1 Å². The standard InChI is InChI=1S/C19H25N3O/c1-21(2)19(23)14-22-9-5-6-15(13-22)10-16-11-17-7-3-4-8-18(17)20-12-16/h3-4,7-8,11-12,15H,5-6,9-10,13-14H2,1-2H3. The predicted molar refractivity (Wildman–Crippen MR) is 93.3 cm³/mol. The van der Waals surface area contributed by atoms with E-state index in [1.54, 1.807) is 4.90 Å². The minimum Gasteiger partial charge on any atom is -0.348 e. The number of piperidine rings is 1. The summed E-state index contributed by atoms with van der Waals surface area (Å²) < 4.78 is 0. The molecule has 1 aromatic heterocycles. The van der Waals surface area contributed by atoms with Gasteiger partial charge in [-0.15, -0.1) is 0 Å². The highest BCUT2D eigenvalue weighted by Crippen LogP contribution is 2.22. The van der Waals surface area contributed by atoms with Crippen LogP contribution in [0.15, 0.2) is 36.5 Å². The summed E-state index contributed by atoms with van der Waals surface area (Å²) in [5.74, 6) is 0.805. The Morgan fingerprint density at radius 3 is 3.00 bits per heavy atom. The molecule has 122 valence electrons. The second kappa shape index (κ2) is 7.09. The lowest BCUT2D eigenvalue weighted by molar-refractivity contribution is -0.130. The largest absolute Gasteiger partial charge is 0.348 e. The van der Waals surface area contributed by atoms with Crippen LogP contribution in [0.1, 0.15) is 18.4 Å². The van der Waals surface area contributed by atoms with Gasteiger partial charge in [-0.25, -0.2) is 0 Å². The Hall–Kier alpha value is -1.94. The van der Waals surface area contributed by atoms with Crippen molar-refractivity contribution in [3.8, 4) is 0 Å². The molecule has 2 aromatic rings. The fourth-order valence-corrected chi connectivity index (χ4v) is 3.36. The van der Waals surface area contributed by atoms with E-state index in [-0.39, 0.29) is 5.91 Å². The summed E-state index contributed by atoms with van der Waals surface area (Å²) in [4.78, 5) is 20.4. The van der Waals surface area contributed by atoms with Crippen LogP contribution < -0.4 is 0 Å². The first-order chi connectivity index (χ1) is 11.1. The zero-order valence-corrected chi connectivity index (χ0v) is 14.0. The first-order valence-electron chi connectivity index (χ1n) is 8.38. The summed E-state index contributed by atoms with van der Waals surface area (Å²) in [6, 6.07) is 10.5. The zero-order chi connectivity index (χ0) is 16.2. The van der Waals surface area contributed by atoms with Crippen LogP contribution in [-0.2, 0) is 11.2 Å². The first-order valence-corrected chi connectivity index (χ1v) is 8.38. The van der Waals surface area contributed by atoms with E-state index in [0.717, 1.165) is 25.0 Å². The monoisotopic (exact) mass is 311 g/mol. The van der Waals surface area contributed by atoms with Gasteiger partial charge in [-0.3, -0.25) is 14.7 Å². The van der Waals surface area contributed by atoms with Gasteiger partial charge in [0.1, 0.15) is 0 Å². The van der Waals surface area contributed by atoms with Crippen molar-refractivity contribution >= 4 is 16.8 Å². The van der Waals surface area contributed by atoms with Crippen LogP contribution in [0.25, 0.3) is 10.9 Å². The molecule has 1 unspecified atom stereocenters. The molecule has 1 fully saturated rings. The second-order valence-corrected chi connectivity index (χ2v) is 6.77. The van der Waals surface area contributed by atoms with Gasteiger partial charge in [0, 0.05) is 32.2 Å². The molecule has 1 amide bonds. The van der Waals surface area contributed by atoms with Crippen molar-refractivity contribution in [3.63, 3.8) is 0 Å². The van der Waals surface area contributed by atoms with Crippen molar-refractivity contribution in [2.75, 3.05) is 33.7 Å². The minimum absolute atomic E-state index is 0.193. The summed E-state index contributed by atoms with van der Waals surface area (Å²) >= 11 is 0. The van der Waals surface area contributed by atoms with Crippen LogP contribution in [0, 0.1) is 5.92 Å². The van der Waals surface area contributed by atoms with E-state index in [1.165, 1.54) is 23.8 Å². The van der Waals surface area contributed by atoms with E-state index in [0.29, 0.717) is 12.5 Å². The van der Waals surface area contributed by atoms with Gasteiger partial charge >= 0.3 is 0 Å². The highest BCUT2D eigenvalue weighted by molar-refractivity contribution is 5.78. The Labute approximate surface area is 138 Å². The molecule has 0 saturated carbocycles. The fourth-order valence-electron chi connectivity index (χ4n) is 3.36. The Morgan fingerprint density at radius 1 is 1.35 bits per heavy atom. The summed E-state index contributed by atoms with van der Waals surface area (Å²) in [7, 11) is 3.65. The molecule has 0 N–H and O–H groups in total. The van der Waals surface area contributed by atoms with E-state index in [9.17, 15) is 4.79 Å². The maximum absolute atomic E-state index is 11.9. The lowest BCUT2D eigenvalue weighted by atomic mass is 9.91. The molecule has 0 spiro atoms. The fraction of sp³-hybridized carbons (Fsp3) is 0.474. The normalized spacial score (nSPS) is 19.0. The molecule has 1 aromatic carbocycles. The Kier molecular flexibility index (Phi) is 4.91. The molecular formula is C19H25N3O. The maximum Gasteiger partial charge on any atom is 0.236 e. The van der Waals surface area contributed by atoms with E-state index in [4.69, 9.17) is 0 Å². The number of hydrogen-bond acceptors (Lipinski definition) is 3. The Bertz CT molecular complexity index is 683. The molecule has 0 bridgehead atoms. The van der Waals surface area contributed by atoms with Gasteiger partial charge in [-0.2, -0.15) is 0 Å². The van der Waals surface area contributed by atoms with Crippen LogP contribution in [0.4, 0.5) is 0 Å². The van der Waals surface area contributed by atoms with Crippen molar-refractivity contribution in [2.24, 2.45) is 5.92 Å². The minimum atomic E-state index is 0.193. The highest BCUT2D eigenvalue weighted by Gasteiger charge is 2.22. The summed E-state index contributed by atoms with van der Waals surface area (Å²) in [5.41, 5.74) is 2.35. The molecule has 1 aliphatic heterocycles. The summed E-state index contributed by atoms with van der Waals surface area (Å²) in [6.07, 6.45) is 5.46. The third kappa shape index (κ3) is 4.08. The molecule has 2 heterocycles. The lowest BCUT2D eigenvalue weighted by Gasteiger charge is -2.32. The van der Waals surface area contributed by atoms with E-state index >= 15 is 0 Å². The van der Waals surface area contributed by atoms with Gasteiger partial charge in [0.2, 0.25) is 5.91 Å². The van der Waals surface area contributed by atoms with Gasteiger partial charge in [0.25, 0.3) is 0 Å². The SMILES string of the molecule is CN(C)C(=O)CN1CCCC(Cc2cnc3ccccc3c2)C1. The zero-order valence-electron chi connectivity index (χ0n) is 14.0. The third-order valence-electron chi connectivity index (χ3n) is 4.63. The smallest absolute Gasteiger partial charge is 0.236 e. The third-order valence-corrected chi connectivity index (χ3v) is 4.63. The number of rotatable bonds is 4. The number of carbonyl (C=O) groups is 1. The van der Waals surface area contributed by atoms with Crippen LogP contribution in [-0.4, -0.2) is 54.4 Å². The van der Waals surface area contributed by atoms with Crippen LogP contribution >= 0.6 is 0 Å². The molecule has 4 nitrogen and oxygen atoms in total. The number of nitrogens with zero attached hydrogens (tertiary/aromatic N) is 3. The molecule has 0 radical (unpaired) electrons. The number of carbonyl (C=O) groups excluding carboxylic acids is 1. The Balaban J connectivity index is 1.63. The quantitative estimate of drug-likeness (QED) is 0.871. The molecule has 3 rings (SSSR count). The number of amides is 1. The average molecular weight is 311 g/mol. The van der Waals surface area contributed by atoms with Crippen LogP contribution in [0.3, 0.4) is 0 Å². The van der Waals surface area contributed by atoms with Crippen LogP contribution in [0.2, 0.25) is 0 Å². The number of pyridine rings is 1. The first kappa shape index (κ1) is 15.9.